The van der Waals surface area contributed by atoms with Crippen LogP contribution in [0.25, 0.3) is 10.8 Å². The summed E-state index contributed by atoms with van der Waals surface area (Å²) in [7, 11) is 0. The highest BCUT2D eigenvalue weighted by atomic mass is 16.7. The molecule has 0 radical (unpaired) electrons. The number of benzene rings is 3. The third kappa shape index (κ3) is 3.27. The van der Waals surface area contributed by atoms with E-state index >= 15 is 0 Å². The summed E-state index contributed by atoms with van der Waals surface area (Å²) in [6.45, 7) is 0.994. The Morgan fingerprint density at radius 3 is 2.79 bits per heavy atom. The number of carbonyl (C=O) groups is 2. The molecule has 6 heteroatoms. The quantitative estimate of drug-likeness (QED) is 0.745. The molecule has 2 aliphatic heterocycles. The minimum atomic E-state index is -0.365. The molecule has 1 saturated heterocycles. The fourth-order valence-electron chi connectivity index (χ4n) is 3.94. The Labute approximate surface area is 168 Å². The SMILES string of the molecule is O=C(NCc1ccc2c(c1)OCO2)C1CC(=O)N(c2cccc3ccccc23)C1. The number of hydrogen-bond donors (Lipinski definition) is 1. The van der Waals surface area contributed by atoms with Gasteiger partial charge in [0.25, 0.3) is 0 Å². The van der Waals surface area contributed by atoms with Gasteiger partial charge in [-0.05, 0) is 29.1 Å². The molecule has 29 heavy (non-hydrogen) atoms. The second-order valence-corrected chi connectivity index (χ2v) is 7.31. The van der Waals surface area contributed by atoms with E-state index in [0.29, 0.717) is 24.6 Å². The van der Waals surface area contributed by atoms with Crippen LogP contribution in [0.5, 0.6) is 11.5 Å². The van der Waals surface area contributed by atoms with E-state index in [2.05, 4.69) is 5.32 Å². The van der Waals surface area contributed by atoms with E-state index < -0.39 is 0 Å². The molecule has 3 aromatic rings. The van der Waals surface area contributed by atoms with Crippen LogP contribution in [-0.2, 0) is 16.1 Å². The monoisotopic (exact) mass is 388 g/mol. The Bertz CT molecular complexity index is 1110. The van der Waals surface area contributed by atoms with Crippen molar-refractivity contribution < 1.29 is 19.1 Å². The fourth-order valence-corrected chi connectivity index (χ4v) is 3.94. The first-order chi connectivity index (χ1) is 14.2. The van der Waals surface area contributed by atoms with Crippen molar-refractivity contribution in [3.8, 4) is 11.5 Å². The summed E-state index contributed by atoms with van der Waals surface area (Å²) in [6.07, 6.45) is 0.218. The molecule has 0 aromatic heterocycles. The predicted octanol–water partition coefficient (Wildman–Crippen LogP) is 3.24. The summed E-state index contributed by atoms with van der Waals surface area (Å²) in [5.41, 5.74) is 1.79. The van der Waals surface area contributed by atoms with Gasteiger partial charge < -0.3 is 19.7 Å². The number of amides is 2. The number of rotatable bonds is 4. The van der Waals surface area contributed by atoms with Crippen LogP contribution in [0, 0.1) is 5.92 Å². The number of fused-ring (bicyclic) bond motifs is 2. The lowest BCUT2D eigenvalue weighted by Crippen LogP contribution is -2.32. The highest BCUT2D eigenvalue weighted by molar-refractivity contribution is 6.06. The van der Waals surface area contributed by atoms with E-state index in [1.807, 2.05) is 60.7 Å². The van der Waals surface area contributed by atoms with Crippen molar-refractivity contribution in [3.63, 3.8) is 0 Å². The summed E-state index contributed by atoms with van der Waals surface area (Å²) < 4.78 is 10.7. The zero-order valence-electron chi connectivity index (χ0n) is 15.8. The lowest BCUT2D eigenvalue weighted by atomic mass is 10.1. The van der Waals surface area contributed by atoms with E-state index in [-0.39, 0.29) is 30.9 Å². The number of nitrogens with one attached hydrogen (secondary N) is 1. The fraction of sp³-hybridized carbons (Fsp3) is 0.217. The van der Waals surface area contributed by atoms with Gasteiger partial charge in [-0.25, -0.2) is 0 Å². The Morgan fingerprint density at radius 1 is 1.03 bits per heavy atom. The molecule has 0 bridgehead atoms. The molecule has 5 rings (SSSR count). The zero-order chi connectivity index (χ0) is 19.8. The lowest BCUT2D eigenvalue weighted by Gasteiger charge is -2.19. The highest BCUT2D eigenvalue weighted by Gasteiger charge is 2.35. The molecule has 3 aromatic carbocycles. The Morgan fingerprint density at radius 2 is 1.86 bits per heavy atom. The van der Waals surface area contributed by atoms with E-state index in [4.69, 9.17) is 9.47 Å². The van der Waals surface area contributed by atoms with Crippen molar-refractivity contribution in [1.82, 2.24) is 5.32 Å². The van der Waals surface area contributed by atoms with Gasteiger partial charge in [0.15, 0.2) is 11.5 Å². The van der Waals surface area contributed by atoms with E-state index in [1.165, 1.54) is 0 Å². The topological polar surface area (TPSA) is 67.9 Å². The molecule has 2 aliphatic rings. The van der Waals surface area contributed by atoms with Gasteiger partial charge in [-0.2, -0.15) is 0 Å². The van der Waals surface area contributed by atoms with Crippen LogP contribution in [0.3, 0.4) is 0 Å². The summed E-state index contributed by atoms with van der Waals surface area (Å²) in [6, 6.07) is 19.5. The maximum Gasteiger partial charge on any atom is 0.231 e. The third-order valence-electron chi connectivity index (χ3n) is 5.46. The molecule has 1 N–H and O–H groups in total. The molecule has 0 saturated carbocycles. The van der Waals surface area contributed by atoms with E-state index in [0.717, 1.165) is 22.0 Å². The van der Waals surface area contributed by atoms with Crippen LogP contribution < -0.4 is 19.7 Å². The normalized spacial score (nSPS) is 17.7. The average Bonchev–Trinajstić information content (AvgIpc) is 3.37. The van der Waals surface area contributed by atoms with Gasteiger partial charge in [-0.15, -0.1) is 0 Å². The Balaban J connectivity index is 1.28. The third-order valence-corrected chi connectivity index (χ3v) is 5.46. The minimum Gasteiger partial charge on any atom is -0.454 e. The number of nitrogens with zero attached hydrogens (tertiary/aromatic N) is 1. The summed E-state index contributed by atoms with van der Waals surface area (Å²) in [5, 5.41) is 5.04. The molecular weight excluding hydrogens is 368 g/mol. The second-order valence-electron chi connectivity index (χ2n) is 7.31. The molecule has 1 atom stereocenters. The van der Waals surface area contributed by atoms with Gasteiger partial charge in [0, 0.05) is 24.9 Å². The van der Waals surface area contributed by atoms with Crippen LogP contribution in [-0.4, -0.2) is 25.2 Å². The van der Waals surface area contributed by atoms with Gasteiger partial charge in [-0.3, -0.25) is 9.59 Å². The van der Waals surface area contributed by atoms with Crippen LogP contribution in [0.15, 0.2) is 60.7 Å². The van der Waals surface area contributed by atoms with Crippen molar-refractivity contribution in [1.29, 1.82) is 0 Å². The van der Waals surface area contributed by atoms with Gasteiger partial charge in [-0.1, -0.05) is 42.5 Å². The minimum absolute atomic E-state index is 0.0235. The van der Waals surface area contributed by atoms with Crippen LogP contribution in [0.1, 0.15) is 12.0 Å². The van der Waals surface area contributed by atoms with Crippen LogP contribution in [0.4, 0.5) is 5.69 Å². The smallest absolute Gasteiger partial charge is 0.231 e. The maximum atomic E-state index is 12.7. The zero-order valence-corrected chi connectivity index (χ0v) is 15.8. The molecule has 2 amide bonds. The molecule has 2 heterocycles. The highest BCUT2D eigenvalue weighted by Crippen LogP contribution is 2.33. The van der Waals surface area contributed by atoms with Gasteiger partial charge in [0.1, 0.15) is 0 Å². The molecule has 146 valence electrons. The standard InChI is InChI=1S/C23H20N2O4/c26-22-11-17(13-25(22)19-7-3-5-16-4-1-2-6-18(16)19)23(27)24-12-15-8-9-20-21(10-15)29-14-28-20/h1-10,17H,11-14H2,(H,24,27). The van der Waals surface area contributed by atoms with Crippen LogP contribution >= 0.6 is 0 Å². The first-order valence-corrected chi connectivity index (χ1v) is 9.63. The number of carbonyl (C=O) groups excluding carboxylic acids is 2. The van der Waals surface area contributed by atoms with Crippen LogP contribution in [0.2, 0.25) is 0 Å². The summed E-state index contributed by atoms with van der Waals surface area (Å²) in [5.74, 6) is 0.904. The molecular formula is C23H20N2O4. The molecule has 0 spiro atoms. The first-order valence-electron chi connectivity index (χ1n) is 9.63. The van der Waals surface area contributed by atoms with Crippen molar-refractivity contribution >= 4 is 28.3 Å². The molecule has 6 nitrogen and oxygen atoms in total. The van der Waals surface area contributed by atoms with Gasteiger partial charge in [0.05, 0.1) is 11.6 Å². The lowest BCUT2D eigenvalue weighted by molar-refractivity contribution is -0.126. The first kappa shape index (κ1) is 17.6. The second kappa shape index (κ2) is 7.13. The predicted molar refractivity (Wildman–Crippen MR) is 109 cm³/mol. The summed E-state index contributed by atoms with van der Waals surface area (Å²) >= 11 is 0. The van der Waals surface area contributed by atoms with Crippen molar-refractivity contribution in [2.24, 2.45) is 5.92 Å². The molecule has 0 aliphatic carbocycles. The van der Waals surface area contributed by atoms with Crippen molar-refractivity contribution in [3.05, 3.63) is 66.2 Å². The largest absolute Gasteiger partial charge is 0.454 e. The number of hydrogen-bond acceptors (Lipinski definition) is 4. The Hall–Kier alpha value is -3.54. The molecule has 1 unspecified atom stereocenters. The Kier molecular flexibility index (Phi) is 4.31. The maximum absolute atomic E-state index is 12.7. The van der Waals surface area contributed by atoms with Gasteiger partial charge >= 0.3 is 0 Å². The van der Waals surface area contributed by atoms with Crippen molar-refractivity contribution in [2.45, 2.75) is 13.0 Å². The molecule has 1 fully saturated rings. The van der Waals surface area contributed by atoms with E-state index in [1.54, 1.807) is 4.90 Å². The van der Waals surface area contributed by atoms with E-state index in [9.17, 15) is 9.59 Å². The summed E-state index contributed by atoms with van der Waals surface area (Å²) in [4.78, 5) is 27.1. The van der Waals surface area contributed by atoms with Crippen molar-refractivity contribution in [2.75, 3.05) is 18.2 Å². The number of anilines is 1. The average molecular weight is 388 g/mol. The number of ether oxygens (including phenoxy) is 2. The van der Waals surface area contributed by atoms with Gasteiger partial charge in [0.2, 0.25) is 18.6 Å².